The van der Waals surface area contributed by atoms with Gasteiger partial charge in [-0.1, -0.05) is 6.92 Å². The summed E-state index contributed by atoms with van der Waals surface area (Å²) in [6.07, 6.45) is 2.47. The SMILES string of the molecule is COc1ccc2c(c1)oc(=O)n2CN1CCC[C@H](C)C1. The quantitative estimate of drug-likeness (QED) is 0.863. The van der Waals surface area contributed by atoms with Crippen molar-refractivity contribution < 1.29 is 9.15 Å². The monoisotopic (exact) mass is 276 g/mol. The molecule has 1 aliphatic rings. The van der Waals surface area contributed by atoms with Gasteiger partial charge in [-0.3, -0.25) is 9.47 Å². The van der Waals surface area contributed by atoms with E-state index in [1.165, 1.54) is 12.8 Å². The minimum atomic E-state index is -0.300. The molecule has 0 unspecified atom stereocenters. The first-order valence-electron chi connectivity index (χ1n) is 7.07. The Kier molecular flexibility index (Phi) is 3.53. The average molecular weight is 276 g/mol. The molecule has 5 heteroatoms. The number of rotatable bonds is 3. The molecule has 1 saturated heterocycles. The molecule has 0 spiro atoms. The molecule has 0 bridgehead atoms. The molecule has 108 valence electrons. The van der Waals surface area contributed by atoms with Gasteiger partial charge in [0.2, 0.25) is 0 Å². The van der Waals surface area contributed by atoms with E-state index in [9.17, 15) is 4.79 Å². The summed E-state index contributed by atoms with van der Waals surface area (Å²) in [5.74, 6) is 1.09. The van der Waals surface area contributed by atoms with Crippen molar-refractivity contribution in [1.29, 1.82) is 0 Å². The van der Waals surface area contributed by atoms with Crippen molar-refractivity contribution in [1.82, 2.24) is 9.47 Å². The summed E-state index contributed by atoms with van der Waals surface area (Å²) >= 11 is 0. The van der Waals surface area contributed by atoms with Gasteiger partial charge in [0, 0.05) is 12.6 Å². The summed E-state index contributed by atoms with van der Waals surface area (Å²) in [7, 11) is 1.60. The second-order valence-corrected chi connectivity index (χ2v) is 5.60. The van der Waals surface area contributed by atoms with Gasteiger partial charge in [-0.15, -0.1) is 0 Å². The van der Waals surface area contributed by atoms with Crippen molar-refractivity contribution in [3.8, 4) is 5.75 Å². The van der Waals surface area contributed by atoms with Gasteiger partial charge < -0.3 is 9.15 Å². The van der Waals surface area contributed by atoms with Crippen LogP contribution in [0.3, 0.4) is 0 Å². The van der Waals surface area contributed by atoms with Gasteiger partial charge in [-0.25, -0.2) is 4.79 Å². The molecule has 3 rings (SSSR count). The molecule has 1 aliphatic heterocycles. The molecule has 2 heterocycles. The smallest absolute Gasteiger partial charge is 0.421 e. The van der Waals surface area contributed by atoms with Crippen LogP contribution in [-0.2, 0) is 6.67 Å². The maximum absolute atomic E-state index is 12.0. The van der Waals surface area contributed by atoms with Crippen LogP contribution in [0, 0.1) is 5.92 Å². The number of hydrogen-bond donors (Lipinski definition) is 0. The fraction of sp³-hybridized carbons (Fsp3) is 0.533. The minimum Gasteiger partial charge on any atom is -0.497 e. The summed E-state index contributed by atoms with van der Waals surface area (Å²) in [4.78, 5) is 14.3. The molecule has 0 radical (unpaired) electrons. The molecule has 1 fully saturated rings. The number of hydrogen-bond acceptors (Lipinski definition) is 4. The molecule has 0 N–H and O–H groups in total. The number of oxazole rings is 1. The molecule has 20 heavy (non-hydrogen) atoms. The summed E-state index contributed by atoms with van der Waals surface area (Å²) in [6, 6.07) is 5.49. The number of fused-ring (bicyclic) bond motifs is 1. The third-order valence-corrected chi connectivity index (χ3v) is 3.96. The zero-order chi connectivity index (χ0) is 14.1. The van der Waals surface area contributed by atoms with Crippen LogP contribution in [0.4, 0.5) is 0 Å². The first-order chi connectivity index (χ1) is 9.67. The van der Waals surface area contributed by atoms with E-state index in [1.807, 2.05) is 12.1 Å². The second kappa shape index (κ2) is 5.32. The number of nitrogens with zero attached hydrogens (tertiary/aromatic N) is 2. The van der Waals surface area contributed by atoms with Crippen molar-refractivity contribution in [3.05, 3.63) is 28.7 Å². The fourth-order valence-corrected chi connectivity index (χ4v) is 2.92. The van der Waals surface area contributed by atoms with Gasteiger partial charge in [0.05, 0.1) is 19.3 Å². The Hall–Kier alpha value is -1.75. The van der Waals surface area contributed by atoms with Crippen LogP contribution in [0.2, 0.25) is 0 Å². The van der Waals surface area contributed by atoms with E-state index in [-0.39, 0.29) is 5.76 Å². The van der Waals surface area contributed by atoms with E-state index in [2.05, 4.69) is 11.8 Å². The first kappa shape index (κ1) is 13.2. The third kappa shape index (κ3) is 2.45. The van der Waals surface area contributed by atoms with Crippen molar-refractivity contribution in [2.24, 2.45) is 5.92 Å². The molecule has 1 aromatic carbocycles. The minimum absolute atomic E-state index is 0.300. The highest BCUT2D eigenvalue weighted by Crippen LogP contribution is 2.21. The van der Waals surface area contributed by atoms with Gasteiger partial charge >= 0.3 is 5.76 Å². The molecular weight excluding hydrogens is 256 g/mol. The zero-order valence-corrected chi connectivity index (χ0v) is 12.0. The van der Waals surface area contributed by atoms with Crippen molar-refractivity contribution in [2.75, 3.05) is 20.2 Å². The van der Waals surface area contributed by atoms with Crippen LogP contribution in [-0.4, -0.2) is 29.7 Å². The number of aromatic nitrogens is 1. The van der Waals surface area contributed by atoms with Gasteiger partial charge in [-0.05, 0) is 37.4 Å². The molecule has 0 aliphatic carbocycles. The molecule has 0 amide bonds. The molecule has 2 aromatic rings. The zero-order valence-electron chi connectivity index (χ0n) is 12.0. The van der Waals surface area contributed by atoms with Crippen molar-refractivity contribution >= 4 is 11.1 Å². The summed E-state index contributed by atoms with van der Waals surface area (Å²) in [5.41, 5.74) is 1.41. The highest BCUT2D eigenvalue weighted by Gasteiger charge is 2.19. The molecular formula is C15H20N2O3. The lowest BCUT2D eigenvalue weighted by Crippen LogP contribution is -2.37. The van der Waals surface area contributed by atoms with E-state index in [0.29, 0.717) is 23.9 Å². The first-order valence-corrected chi connectivity index (χ1v) is 7.07. The summed E-state index contributed by atoms with van der Waals surface area (Å²) < 4.78 is 12.2. The number of benzene rings is 1. The van der Waals surface area contributed by atoms with Crippen LogP contribution in [0.5, 0.6) is 5.75 Å². The van der Waals surface area contributed by atoms with Crippen LogP contribution in [0.25, 0.3) is 11.1 Å². The van der Waals surface area contributed by atoms with Crippen molar-refractivity contribution in [2.45, 2.75) is 26.4 Å². The Labute approximate surface area is 117 Å². The van der Waals surface area contributed by atoms with Crippen LogP contribution < -0.4 is 10.5 Å². The van der Waals surface area contributed by atoms with E-state index >= 15 is 0 Å². The Morgan fingerprint density at radius 2 is 2.30 bits per heavy atom. The largest absolute Gasteiger partial charge is 0.497 e. The highest BCUT2D eigenvalue weighted by molar-refractivity contribution is 5.74. The third-order valence-electron chi connectivity index (χ3n) is 3.96. The van der Waals surface area contributed by atoms with Crippen LogP contribution in [0.15, 0.2) is 27.4 Å². The second-order valence-electron chi connectivity index (χ2n) is 5.60. The topological polar surface area (TPSA) is 47.6 Å². The standard InChI is InChI=1S/C15H20N2O3/c1-11-4-3-7-16(9-11)10-17-13-6-5-12(19-2)8-14(13)20-15(17)18/h5-6,8,11H,3-4,7,9-10H2,1-2H3/t11-/m0/s1. The Bertz CT molecular complexity index is 659. The Morgan fingerprint density at radius 1 is 1.45 bits per heavy atom. The van der Waals surface area contributed by atoms with E-state index < -0.39 is 0 Å². The van der Waals surface area contributed by atoms with E-state index in [4.69, 9.17) is 9.15 Å². The van der Waals surface area contributed by atoms with Gasteiger partial charge in [0.25, 0.3) is 0 Å². The van der Waals surface area contributed by atoms with Gasteiger partial charge in [0.1, 0.15) is 5.75 Å². The normalized spacial score (nSPS) is 20.4. The number of likely N-dealkylation sites (tertiary alicyclic amines) is 1. The predicted molar refractivity (Wildman–Crippen MR) is 77.0 cm³/mol. The summed E-state index contributed by atoms with van der Waals surface area (Å²) in [6.45, 7) is 4.94. The molecule has 1 aromatic heterocycles. The number of ether oxygens (including phenoxy) is 1. The van der Waals surface area contributed by atoms with Crippen LogP contribution in [0.1, 0.15) is 19.8 Å². The lowest BCUT2D eigenvalue weighted by atomic mass is 10.0. The number of methoxy groups -OCH3 is 1. The molecule has 0 saturated carbocycles. The fourth-order valence-electron chi connectivity index (χ4n) is 2.92. The molecule has 1 atom stereocenters. The Balaban J connectivity index is 1.91. The maximum atomic E-state index is 12.0. The number of piperidine rings is 1. The predicted octanol–water partition coefficient (Wildman–Crippen LogP) is 2.29. The lowest BCUT2D eigenvalue weighted by Gasteiger charge is -2.30. The van der Waals surface area contributed by atoms with Gasteiger partial charge in [-0.2, -0.15) is 0 Å². The Morgan fingerprint density at radius 3 is 3.05 bits per heavy atom. The van der Waals surface area contributed by atoms with Gasteiger partial charge in [0.15, 0.2) is 5.58 Å². The lowest BCUT2D eigenvalue weighted by molar-refractivity contribution is 0.143. The van der Waals surface area contributed by atoms with Crippen LogP contribution >= 0.6 is 0 Å². The maximum Gasteiger partial charge on any atom is 0.421 e. The summed E-state index contributed by atoms with van der Waals surface area (Å²) in [5, 5.41) is 0. The van der Waals surface area contributed by atoms with E-state index in [1.54, 1.807) is 17.7 Å². The molecule has 5 nitrogen and oxygen atoms in total. The van der Waals surface area contributed by atoms with E-state index in [0.717, 1.165) is 18.6 Å². The highest BCUT2D eigenvalue weighted by atomic mass is 16.5. The van der Waals surface area contributed by atoms with Crippen molar-refractivity contribution in [3.63, 3.8) is 0 Å². The average Bonchev–Trinajstić information content (AvgIpc) is 2.74.